The Morgan fingerprint density at radius 1 is 1.10 bits per heavy atom. The van der Waals surface area contributed by atoms with Gasteiger partial charge in [0, 0.05) is 13.2 Å². The maximum Gasteiger partial charge on any atom is 0.231 e. The monoisotopic (exact) mass is 272 g/mol. The van der Waals surface area contributed by atoms with Crippen molar-refractivity contribution in [3.8, 4) is 11.5 Å². The summed E-state index contributed by atoms with van der Waals surface area (Å²) in [5.41, 5.74) is 2.15. The summed E-state index contributed by atoms with van der Waals surface area (Å²) < 4.78 is 16.3. The first kappa shape index (κ1) is 12.7. The van der Waals surface area contributed by atoms with Crippen molar-refractivity contribution in [1.82, 2.24) is 4.98 Å². The molecule has 5 nitrogen and oxygen atoms in total. The summed E-state index contributed by atoms with van der Waals surface area (Å²) in [5.74, 6) is 2.42. The molecule has 0 unspecified atom stereocenters. The van der Waals surface area contributed by atoms with Gasteiger partial charge in [-0.3, -0.25) is 0 Å². The highest BCUT2D eigenvalue weighted by atomic mass is 16.7. The molecule has 0 aliphatic carbocycles. The molecule has 0 atom stereocenters. The van der Waals surface area contributed by atoms with E-state index in [-0.39, 0.29) is 0 Å². The van der Waals surface area contributed by atoms with Gasteiger partial charge in [-0.1, -0.05) is 6.07 Å². The number of nitrogens with one attached hydrogen (secondary N) is 1. The molecule has 0 fully saturated rings. The normalized spacial score (nSPS) is 12.4. The van der Waals surface area contributed by atoms with Crippen molar-refractivity contribution in [2.24, 2.45) is 0 Å². The van der Waals surface area contributed by atoms with Crippen LogP contribution in [-0.4, -0.2) is 18.8 Å². The summed E-state index contributed by atoms with van der Waals surface area (Å²) in [5, 5.41) is 3.01. The summed E-state index contributed by atoms with van der Waals surface area (Å²) in [6.45, 7) is 1.38. The zero-order chi connectivity index (χ0) is 13.8. The molecule has 1 aliphatic rings. The summed E-state index contributed by atoms with van der Waals surface area (Å²) >= 11 is 0. The van der Waals surface area contributed by atoms with E-state index in [0.29, 0.717) is 20.0 Å². The van der Waals surface area contributed by atoms with Crippen LogP contribution < -0.4 is 14.8 Å². The molecule has 0 spiro atoms. The van der Waals surface area contributed by atoms with Gasteiger partial charge in [0.2, 0.25) is 6.79 Å². The average Bonchev–Trinajstić information content (AvgIpc) is 2.95. The van der Waals surface area contributed by atoms with E-state index in [1.165, 1.54) is 0 Å². The first-order valence-electron chi connectivity index (χ1n) is 6.44. The zero-order valence-electron chi connectivity index (χ0n) is 11.3. The van der Waals surface area contributed by atoms with E-state index in [9.17, 15) is 0 Å². The molecule has 5 heteroatoms. The molecule has 1 aromatic carbocycles. The first-order valence-corrected chi connectivity index (χ1v) is 6.44. The van der Waals surface area contributed by atoms with E-state index in [1.54, 1.807) is 6.20 Å². The smallest absolute Gasteiger partial charge is 0.231 e. The van der Waals surface area contributed by atoms with Crippen LogP contribution in [0.1, 0.15) is 11.1 Å². The Bertz CT molecular complexity index is 601. The zero-order valence-corrected chi connectivity index (χ0v) is 11.3. The maximum absolute atomic E-state index is 5.71. The lowest BCUT2D eigenvalue weighted by molar-refractivity contribution is 0.107. The lowest BCUT2D eigenvalue weighted by Gasteiger charge is -2.07. The van der Waals surface area contributed by atoms with Crippen LogP contribution in [0.2, 0.25) is 0 Å². The van der Waals surface area contributed by atoms with Gasteiger partial charge in [0.15, 0.2) is 11.5 Å². The van der Waals surface area contributed by atoms with Crippen LogP contribution >= 0.6 is 0 Å². The molecular weight excluding hydrogens is 256 g/mol. The molecule has 20 heavy (non-hydrogen) atoms. The summed E-state index contributed by atoms with van der Waals surface area (Å²) in [7, 11) is 1.85. The van der Waals surface area contributed by atoms with E-state index in [4.69, 9.17) is 14.2 Å². The number of fused-ring (bicyclic) bond motifs is 1. The third-order valence-electron chi connectivity index (χ3n) is 3.05. The Labute approximate surface area is 117 Å². The number of ether oxygens (including phenoxy) is 3. The van der Waals surface area contributed by atoms with Crippen LogP contribution in [0.25, 0.3) is 0 Å². The van der Waals surface area contributed by atoms with Crippen molar-refractivity contribution in [3.05, 3.63) is 47.7 Å². The number of pyridine rings is 1. The highest BCUT2D eigenvalue weighted by molar-refractivity contribution is 5.44. The van der Waals surface area contributed by atoms with Crippen molar-refractivity contribution in [2.45, 2.75) is 13.2 Å². The topological polar surface area (TPSA) is 52.6 Å². The predicted molar refractivity (Wildman–Crippen MR) is 74.8 cm³/mol. The molecule has 2 heterocycles. The van der Waals surface area contributed by atoms with Crippen LogP contribution in [0.5, 0.6) is 11.5 Å². The van der Waals surface area contributed by atoms with Crippen molar-refractivity contribution in [1.29, 1.82) is 0 Å². The highest BCUT2D eigenvalue weighted by Crippen LogP contribution is 2.32. The van der Waals surface area contributed by atoms with E-state index in [0.717, 1.165) is 28.4 Å². The molecule has 3 rings (SSSR count). The third-order valence-corrected chi connectivity index (χ3v) is 3.05. The number of hydrogen-bond acceptors (Lipinski definition) is 5. The van der Waals surface area contributed by atoms with Gasteiger partial charge in [-0.15, -0.1) is 0 Å². The van der Waals surface area contributed by atoms with E-state index in [1.807, 2.05) is 37.4 Å². The number of hydrogen-bond donors (Lipinski definition) is 1. The lowest BCUT2D eigenvalue weighted by atomic mass is 10.2. The minimum Gasteiger partial charge on any atom is -0.454 e. The van der Waals surface area contributed by atoms with Gasteiger partial charge in [-0.25, -0.2) is 4.98 Å². The van der Waals surface area contributed by atoms with Crippen molar-refractivity contribution in [2.75, 3.05) is 19.2 Å². The standard InChI is InChI=1S/C15H16N2O3/c1-16-15-7-12(4-5-17-15)9-18-8-11-2-3-13-14(6-11)20-10-19-13/h2-7H,8-10H2,1H3,(H,16,17). The van der Waals surface area contributed by atoms with E-state index < -0.39 is 0 Å². The average molecular weight is 272 g/mol. The van der Waals surface area contributed by atoms with Gasteiger partial charge in [0.05, 0.1) is 13.2 Å². The molecule has 1 aromatic heterocycles. The number of anilines is 1. The number of benzene rings is 1. The van der Waals surface area contributed by atoms with Gasteiger partial charge in [0.1, 0.15) is 5.82 Å². The summed E-state index contributed by atoms with van der Waals surface area (Å²) in [4.78, 5) is 4.17. The fourth-order valence-corrected chi connectivity index (χ4v) is 2.02. The first-order chi connectivity index (χ1) is 9.85. The lowest BCUT2D eigenvalue weighted by Crippen LogP contribution is -1.97. The quantitative estimate of drug-likeness (QED) is 0.906. The summed E-state index contributed by atoms with van der Waals surface area (Å²) in [6.07, 6.45) is 1.77. The number of aromatic nitrogens is 1. The Kier molecular flexibility index (Phi) is 3.69. The molecular formula is C15H16N2O3. The van der Waals surface area contributed by atoms with Gasteiger partial charge in [-0.05, 0) is 35.4 Å². The SMILES string of the molecule is CNc1cc(COCc2ccc3c(c2)OCO3)ccn1. The van der Waals surface area contributed by atoms with E-state index in [2.05, 4.69) is 10.3 Å². The van der Waals surface area contributed by atoms with Crippen LogP contribution in [-0.2, 0) is 18.0 Å². The number of rotatable bonds is 5. The van der Waals surface area contributed by atoms with Crippen molar-refractivity contribution >= 4 is 5.82 Å². The molecule has 0 amide bonds. The van der Waals surface area contributed by atoms with E-state index >= 15 is 0 Å². The van der Waals surface area contributed by atoms with Gasteiger partial charge >= 0.3 is 0 Å². The maximum atomic E-state index is 5.71. The predicted octanol–water partition coefficient (Wildman–Crippen LogP) is 2.57. The second-order valence-corrected chi connectivity index (χ2v) is 4.48. The second-order valence-electron chi connectivity index (χ2n) is 4.48. The highest BCUT2D eigenvalue weighted by Gasteiger charge is 2.12. The number of nitrogens with zero attached hydrogens (tertiary/aromatic N) is 1. The minimum absolute atomic E-state index is 0.295. The Morgan fingerprint density at radius 3 is 2.75 bits per heavy atom. The Balaban J connectivity index is 1.57. The molecule has 2 aromatic rings. The third kappa shape index (κ3) is 2.83. The molecule has 0 bridgehead atoms. The van der Waals surface area contributed by atoms with Crippen molar-refractivity contribution in [3.63, 3.8) is 0 Å². The van der Waals surface area contributed by atoms with Crippen LogP contribution in [0, 0.1) is 0 Å². The fraction of sp³-hybridized carbons (Fsp3) is 0.267. The fourth-order valence-electron chi connectivity index (χ4n) is 2.02. The summed E-state index contributed by atoms with van der Waals surface area (Å²) in [6, 6.07) is 9.76. The molecule has 0 saturated heterocycles. The molecule has 104 valence electrons. The van der Waals surface area contributed by atoms with Crippen molar-refractivity contribution < 1.29 is 14.2 Å². The largest absolute Gasteiger partial charge is 0.454 e. The molecule has 1 aliphatic heterocycles. The molecule has 1 N–H and O–H groups in total. The Morgan fingerprint density at radius 2 is 1.90 bits per heavy atom. The van der Waals surface area contributed by atoms with Crippen LogP contribution in [0.4, 0.5) is 5.82 Å². The van der Waals surface area contributed by atoms with Gasteiger partial charge in [-0.2, -0.15) is 0 Å². The second kappa shape index (κ2) is 5.79. The Hall–Kier alpha value is -2.27. The minimum atomic E-state index is 0.295. The van der Waals surface area contributed by atoms with Gasteiger partial charge in [0.25, 0.3) is 0 Å². The van der Waals surface area contributed by atoms with Gasteiger partial charge < -0.3 is 19.5 Å². The molecule has 0 saturated carbocycles. The van der Waals surface area contributed by atoms with Crippen LogP contribution in [0.15, 0.2) is 36.5 Å². The molecule has 0 radical (unpaired) electrons. The van der Waals surface area contributed by atoms with Crippen LogP contribution in [0.3, 0.4) is 0 Å².